The Bertz CT molecular complexity index is 2590. The lowest BCUT2D eigenvalue weighted by atomic mass is 9.81. The van der Waals surface area contributed by atoms with E-state index in [1.807, 2.05) is 0 Å². The molecule has 4 aromatic carbocycles. The van der Waals surface area contributed by atoms with Crippen LogP contribution in [0, 0.1) is 0 Å². The van der Waals surface area contributed by atoms with E-state index in [9.17, 15) is 0 Å². The standard InChI is InChI=1S/C35H18N4O/c1-3-9-23-19(7-1)22-16-18-28-32-34(22)36(23)27-17-15-21-20-8-2-4-10-24(20)37-29-13-5-11-25-26-12-6-14-30(40-28)39(26)35(32,38(25)29)31(27)33(21)37/h1-18H/q+2. The number of rotatable bonds is 0. The second-order valence-electron chi connectivity index (χ2n) is 11.4. The van der Waals surface area contributed by atoms with Crippen molar-refractivity contribution >= 4 is 43.6 Å². The lowest BCUT2D eigenvalue weighted by molar-refractivity contribution is -0.938. The second kappa shape index (κ2) is 5.63. The molecule has 4 aliphatic heterocycles. The molecular weight excluding hydrogens is 492 g/mol. The molecule has 40 heavy (non-hydrogen) atoms. The molecule has 0 fully saturated rings. The Morgan fingerprint density at radius 1 is 0.525 bits per heavy atom. The first-order valence-corrected chi connectivity index (χ1v) is 13.8. The first-order chi connectivity index (χ1) is 19.9. The van der Waals surface area contributed by atoms with Gasteiger partial charge in [0.25, 0.3) is 11.5 Å². The van der Waals surface area contributed by atoms with E-state index in [1.54, 1.807) is 0 Å². The molecular formula is C35H18N4O+2. The Hall–Kier alpha value is -5.42. The van der Waals surface area contributed by atoms with E-state index >= 15 is 0 Å². The van der Waals surface area contributed by atoms with E-state index < -0.39 is 5.66 Å². The number of nitrogens with zero attached hydrogens (tertiary/aromatic N) is 4. The van der Waals surface area contributed by atoms with Gasteiger partial charge in [-0.25, -0.2) is 0 Å². The summed E-state index contributed by atoms with van der Waals surface area (Å²) in [5.41, 5.74) is 10.5. The fourth-order valence-electron chi connectivity index (χ4n) is 8.63. The van der Waals surface area contributed by atoms with Crippen molar-refractivity contribution in [2.45, 2.75) is 5.66 Å². The molecule has 0 radical (unpaired) electrons. The lowest BCUT2D eigenvalue weighted by Gasteiger charge is -2.37. The maximum Gasteiger partial charge on any atom is 0.378 e. The zero-order chi connectivity index (χ0) is 25.5. The van der Waals surface area contributed by atoms with Crippen molar-refractivity contribution in [2.75, 3.05) is 0 Å². The number of fused-ring (bicyclic) bond motifs is 9. The van der Waals surface area contributed by atoms with Crippen LogP contribution in [0.25, 0.3) is 66.5 Å². The summed E-state index contributed by atoms with van der Waals surface area (Å²) in [6.07, 6.45) is 0. The normalized spacial score (nSPS) is 17.8. The maximum atomic E-state index is 6.79. The van der Waals surface area contributed by atoms with Crippen molar-refractivity contribution in [3.8, 4) is 34.5 Å². The van der Waals surface area contributed by atoms with E-state index in [2.05, 4.69) is 127 Å². The predicted molar refractivity (Wildman–Crippen MR) is 153 cm³/mol. The van der Waals surface area contributed by atoms with Gasteiger partial charge >= 0.3 is 11.5 Å². The average molecular weight is 511 g/mol. The van der Waals surface area contributed by atoms with E-state index in [-0.39, 0.29) is 0 Å². The van der Waals surface area contributed by atoms with E-state index in [1.165, 1.54) is 77.6 Å². The van der Waals surface area contributed by atoms with Gasteiger partial charge in [-0.05, 0) is 60.7 Å². The summed E-state index contributed by atoms with van der Waals surface area (Å²) in [5, 5.41) is 5.09. The van der Waals surface area contributed by atoms with Gasteiger partial charge in [0.15, 0.2) is 11.3 Å². The van der Waals surface area contributed by atoms with Gasteiger partial charge in [0.1, 0.15) is 16.6 Å². The smallest absolute Gasteiger partial charge is 0.378 e. The number of hydrogen-bond donors (Lipinski definition) is 0. The van der Waals surface area contributed by atoms with Crippen LogP contribution in [0.2, 0.25) is 0 Å². The van der Waals surface area contributed by atoms with E-state index in [0.29, 0.717) is 0 Å². The zero-order valence-corrected chi connectivity index (χ0v) is 21.1. The molecule has 0 amide bonds. The van der Waals surface area contributed by atoms with Crippen LogP contribution in [-0.2, 0) is 5.66 Å². The van der Waals surface area contributed by atoms with Gasteiger partial charge in [0, 0.05) is 33.7 Å². The highest BCUT2D eigenvalue weighted by molar-refractivity contribution is 6.16. The highest BCUT2D eigenvalue weighted by Gasteiger charge is 2.71. The van der Waals surface area contributed by atoms with Crippen LogP contribution in [0.3, 0.4) is 0 Å². The molecule has 1 atom stereocenters. The van der Waals surface area contributed by atoms with Crippen LogP contribution in [-0.4, -0.2) is 9.13 Å². The Morgan fingerprint density at radius 2 is 1.20 bits per heavy atom. The van der Waals surface area contributed by atoms with Crippen molar-refractivity contribution in [3.63, 3.8) is 0 Å². The van der Waals surface area contributed by atoms with Crippen molar-refractivity contribution in [1.29, 1.82) is 0 Å². The van der Waals surface area contributed by atoms with Gasteiger partial charge < -0.3 is 9.30 Å². The molecule has 182 valence electrons. The summed E-state index contributed by atoms with van der Waals surface area (Å²) in [7, 11) is 0. The highest BCUT2D eigenvalue weighted by Crippen LogP contribution is 2.57. The molecule has 4 aliphatic rings. The predicted octanol–water partition coefficient (Wildman–Crippen LogP) is 6.47. The fourth-order valence-corrected chi connectivity index (χ4v) is 8.63. The molecule has 0 saturated carbocycles. The van der Waals surface area contributed by atoms with Gasteiger partial charge in [0.2, 0.25) is 5.69 Å². The Labute approximate surface area is 226 Å². The zero-order valence-electron chi connectivity index (χ0n) is 21.1. The maximum absolute atomic E-state index is 6.79. The molecule has 5 nitrogen and oxygen atoms in total. The van der Waals surface area contributed by atoms with E-state index in [0.717, 1.165) is 11.6 Å². The Kier molecular flexibility index (Phi) is 2.64. The largest absolute Gasteiger partial charge is 0.404 e. The fraction of sp³-hybridized carbons (Fsp3) is 0.0286. The molecule has 0 N–H and O–H groups in total. The van der Waals surface area contributed by atoms with Crippen molar-refractivity contribution < 1.29 is 13.9 Å². The van der Waals surface area contributed by atoms with Gasteiger partial charge in [-0.1, -0.05) is 30.3 Å². The number of benzene rings is 4. The highest BCUT2D eigenvalue weighted by atomic mass is 16.5. The first kappa shape index (κ1) is 18.8. The molecule has 1 unspecified atom stereocenters. The molecule has 4 aromatic heterocycles. The summed E-state index contributed by atoms with van der Waals surface area (Å²) in [5.74, 6) is 2.98. The molecule has 12 rings (SSSR count). The Balaban J connectivity index is 1.50. The molecule has 0 aliphatic carbocycles. The van der Waals surface area contributed by atoms with Crippen LogP contribution in [0.5, 0.6) is 11.6 Å². The number of aromatic nitrogens is 4. The summed E-state index contributed by atoms with van der Waals surface area (Å²) < 4.78 is 16.8. The minimum absolute atomic E-state index is 0.603. The summed E-state index contributed by atoms with van der Waals surface area (Å²) in [6, 6.07) is 40.0. The lowest BCUT2D eigenvalue weighted by Crippen LogP contribution is -2.75. The molecule has 0 bridgehead atoms. The molecule has 8 heterocycles. The number of ether oxygens (including phenoxy) is 1. The first-order valence-electron chi connectivity index (χ1n) is 13.8. The second-order valence-corrected chi connectivity index (χ2v) is 11.4. The number of pyridine rings is 2. The minimum atomic E-state index is -0.603. The van der Waals surface area contributed by atoms with Gasteiger partial charge in [0.05, 0.1) is 22.8 Å². The summed E-state index contributed by atoms with van der Waals surface area (Å²) in [4.78, 5) is 0. The number of para-hydroxylation sites is 2. The minimum Gasteiger partial charge on any atom is -0.404 e. The summed E-state index contributed by atoms with van der Waals surface area (Å²) >= 11 is 0. The van der Waals surface area contributed by atoms with Crippen LogP contribution >= 0.6 is 0 Å². The number of hydrogen-bond acceptors (Lipinski definition) is 1. The van der Waals surface area contributed by atoms with Gasteiger partial charge in [-0.15, -0.1) is 9.13 Å². The third-order valence-electron chi connectivity index (χ3n) is 9.83. The van der Waals surface area contributed by atoms with Crippen LogP contribution in [0.4, 0.5) is 0 Å². The quantitative estimate of drug-likeness (QED) is 0.215. The third-order valence-corrected chi connectivity index (χ3v) is 9.83. The van der Waals surface area contributed by atoms with Gasteiger partial charge in [-0.2, -0.15) is 4.57 Å². The molecule has 8 aromatic rings. The molecule has 0 saturated heterocycles. The van der Waals surface area contributed by atoms with Crippen LogP contribution < -0.4 is 13.9 Å². The third kappa shape index (κ3) is 1.60. The Morgan fingerprint density at radius 3 is 2.02 bits per heavy atom. The van der Waals surface area contributed by atoms with Crippen LogP contribution in [0.1, 0.15) is 11.1 Å². The SMILES string of the molecule is c1cc2[n+]3c(c1)-c1cccc4[n+]1C31c3c(ccc5c6ccccc6n(c35)-c3ccc5c6ccccc6n-4c5c31)O2. The van der Waals surface area contributed by atoms with E-state index in [4.69, 9.17) is 4.74 Å². The van der Waals surface area contributed by atoms with Gasteiger partial charge in [-0.3, -0.25) is 0 Å². The molecule has 1 spiro atoms. The topological polar surface area (TPSA) is 26.8 Å². The van der Waals surface area contributed by atoms with Crippen molar-refractivity contribution in [1.82, 2.24) is 9.13 Å². The molecule has 5 heteroatoms. The van der Waals surface area contributed by atoms with Crippen molar-refractivity contribution in [3.05, 3.63) is 120 Å². The van der Waals surface area contributed by atoms with Crippen molar-refractivity contribution in [2.24, 2.45) is 0 Å². The van der Waals surface area contributed by atoms with Crippen LogP contribution in [0.15, 0.2) is 109 Å². The average Bonchev–Trinajstić information content (AvgIpc) is 3.63. The monoisotopic (exact) mass is 510 g/mol. The summed E-state index contributed by atoms with van der Waals surface area (Å²) in [6.45, 7) is 0.